The van der Waals surface area contributed by atoms with Crippen LogP contribution in [0.4, 0.5) is 13.2 Å². The first-order valence-corrected chi connectivity index (χ1v) is 9.02. The van der Waals surface area contributed by atoms with E-state index in [0.29, 0.717) is 5.69 Å². The van der Waals surface area contributed by atoms with Gasteiger partial charge >= 0.3 is 6.36 Å². The lowest BCUT2D eigenvalue weighted by atomic mass is 9.90. The Bertz CT molecular complexity index is 862. The highest BCUT2D eigenvalue weighted by Gasteiger charge is 2.31. The molecule has 8 nitrogen and oxygen atoms in total. The van der Waals surface area contributed by atoms with Crippen LogP contribution in [-0.2, 0) is 4.79 Å². The normalized spacial score (nSPS) is 13.6. The molecule has 1 amide bonds. The van der Waals surface area contributed by atoms with Crippen molar-refractivity contribution in [2.75, 3.05) is 5.75 Å². The van der Waals surface area contributed by atoms with Crippen molar-refractivity contribution in [2.24, 2.45) is 5.92 Å². The number of benzene rings is 1. The maximum Gasteiger partial charge on any atom is 0.573 e. The molecule has 1 N–H and O–H groups in total. The number of carbonyl (C=O) groups is 1. The van der Waals surface area contributed by atoms with Gasteiger partial charge in [-0.15, -0.1) is 18.3 Å². The Morgan fingerprint density at radius 3 is 2.54 bits per heavy atom. The van der Waals surface area contributed by atoms with Crippen molar-refractivity contribution in [3.8, 4) is 17.5 Å². The Labute approximate surface area is 163 Å². The van der Waals surface area contributed by atoms with Crippen molar-refractivity contribution in [1.82, 2.24) is 25.5 Å². The van der Waals surface area contributed by atoms with E-state index in [0.717, 1.165) is 23.9 Å². The molecular formula is C16H17F3N6O2S. The minimum absolute atomic E-state index is 0.0420. The molecule has 1 atom stereocenters. The third-order valence-corrected chi connectivity index (χ3v) is 4.79. The number of nitrogens with one attached hydrogen (secondary N) is 1. The van der Waals surface area contributed by atoms with Gasteiger partial charge in [0.15, 0.2) is 0 Å². The lowest BCUT2D eigenvalue weighted by Gasteiger charge is -2.27. The molecule has 0 bridgehead atoms. The van der Waals surface area contributed by atoms with Crippen molar-refractivity contribution in [1.29, 1.82) is 5.26 Å². The van der Waals surface area contributed by atoms with E-state index in [4.69, 9.17) is 0 Å². The summed E-state index contributed by atoms with van der Waals surface area (Å²) in [5.41, 5.74) is -0.607. The first kappa shape index (κ1) is 21.5. The molecule has 12 heteroatoms. The monoisotopic (exact) mass is 414 g/mol. The van der Waals surface area contributed by atoms with E-state index >= 15 is 0 Å². The van der Waals surface area contributed by atoms with Crippen molar-refractivity contribution in [3.63, 3.8) is 0 Å². The van der Waals surface area contributed by atoms with Crippen LogP contribution < -0.4 is 10.1 Å². The summed E-state index contributed by atoms with van der Waals surface area (Å²) in [7, 11) is 0. The van der Waals surface area contributed by atoms with Gasteiger partial charge in [-0.3, -0.25) is 4.79 Å². The lowest BCUT2D eigenvalue weighted by molar-refractivity contribution is -0.274. The van der Waals surface area contributed by atoms with Gasteiger partial charge in [-0.2, -0.15) is 9.94 Å². The van der Waals surface area contributed by atoms with Crippen LogP contribution in [0.25, 0.3) is 5.69 Å². The van der Waals surface area contributed by atoms with Crippen LogP contribution >= 0.6 is 11.8 Å². The van der Waals surface area contributed by atoms with Gasteiger partial charge < -0.3 is 10.1 Å². The van der Waals surface area contributed by atoms with Crippen molar-refractivity contribution in [3.05, 3.63) is 24.3 Å². The summed E-state index contributed by atoms with van der Waals surface area (Å²) in [6, 6.07) is 7.05. The molecule has 0 saturated heterocycles. The molecule has 0 aliphatic heterocycles. The molecule has 0 fully saturated rings. The topological polar surface area (TPSA) is 106 Å². The van der Waals surface area contributed by atoms with Crippen LogP contribution in [0.15, 0.2) is 29.4 Å². The number of rotatable bonds is 7. The van der Waals surface area contributed by atoms with Gasteiger partial charge in [0.25, 0.3) is 0 Å². The van der Waals surface area contributed by atoms with E-state index in [9.17, 15) is 23.2 Å². The highest BCUT2D eigenvalue weighted by atomic mass is 32.2. The summed E-state index contributed by atoms with van der Waals surface area (Å²) in [6.45, 7) is 5.28. The highest BCUT2D eigenvalue weighted by Crippen LogP contribution is 2.25. The number of hydrogen-bond donors (Lipinski definition) is 1. The van der Waals surface area contributed by atoms with E-state index in [-0.39, 0.29) is 28.5 Å². The number of nitrogens with zero attached hydrogens (tertiary/aromatic N) is 5. The molecule has 2 rings (SSSR count). The van der Waals surface area contributed by atoms with Gasteiger partial charge in [0.1, 0.15) is 11.3 Å². The van der Waals surface area contributed by atoms with Crippen LogP contribution in [0, 0.1) is 17.2 Å². The minimum atomic E-state index is -4.78. The average molecular weight is 414 g/mol. The maximum absolute atomic E-state index is 12.2. The first-order valence-electron chi connectivity index (χ1n) is 8.03. The summed E-state index contributed by atoms with van der Waals surface area (Å²) in [5.74, 6) is -0.873. The number of thioether (sulfide) groups is 1. The molecule has 1 heterocycles. The maximum atomic E-state index is 12.2. The molecule has 1 aromatic heterocycles. The van der Waals surface area contributed by atoms with Gasteiger partial charge in [0.2, 0.25) is 11.1 Å². The van der Waals surface area contributed by atoms with E-state index in [1.807, 2.05) is 13.8 Å². The smallest absolute Gasteiger partial charge is 0.406 e. The SMILES string of the molecule is CC(C)[C@@](C)(C#N)NC(=O)CSc1nnnn1-c1ccc(OC(F)(F)F)cc1. The molecule has 0 aliphatic rings. The zero-order chi connectivity index (χ0) is 20.9. The largest absolute Gasteiger partial charge is 0.573 e. The fourth-order valence-corrected chi connectivity index (χ4v) is 2.67. The highest BCUT2D eigenvalue weighted by molar-refractivity contribution is 7.99. The number of aromatic nitrogens is 4. The van der Waals surface area contributed by atoms with Crippen molar-refractivity contribution >= 4 is 17.7 Å². The van der Waals surface area contributed by atoms with Crippen LogP contribution in [0.1, 0.15) is 20.8 Å². The van der Waals surface area contributed by atoms with E-state index < -0.39 is 11.9 Å². The molecule has 150 valence electrons. The molecule has 0 unspecified atom stereocenters. The lowest BCUT2D eigenvalue weighted by Crippen LogP contribution is -2.49. The van der Waals surface area contributed by atoms with Crippen LogP contribution in [0.2, 0.25) is 0 Å². The second-order valence-corrected chi connectivity index (χ2v) is 7.16. The fraction of sp³-hybridized carbons (Fsp3) is 0.438. The number of tetrazole rings is 1. The number of alkyl halides is 3. The zero-order valence-electron chi connectivity index (χ0n) is 15.2. The number of hydrogen-bond acceptors (Lipinski definition) is 7. The fourth-order valence-electron chi connectivity index (χ4n) is 1.98. The molecule has 0 aliphatic carbocycles. The van der Waals surface area contributed by atoms with Gasteiger partial charge in [0.05, 0.1) is 17.5 Å². The summed E-state index contributed by atoms with van der Waals surface area (Å²) in [5, 5.41) is 23.3. The third-order valence-electron chi connectivity index (χ3n) is 3.87. The number of nitriles is 1. The molecule has 0 radical (unpaired) electrons. The summed E-state index contributed by atoms with van der Waals surface area (Å²) in [4.78, 5) is 12.2. The predicted molar refractivity (Wildman–Crippen MR) is 93.6 cm³/mol. The average Bonchev–Trinajstić information content (AvgIpc) is 3.07. The van der Waals surface area contributed by atoms with Crippen LogP contribution in [0.5, 0.6) is 5.75 Å². The zero-order valence-corrected chi connectivity index (χ0v) is 16.0. The van der Waals surface area contributed by atoms with E-state index in [1.54, 1.807) is 6.92 Å². The van der Waals surface area contributed by atoms with Gasteiger partial charge in [-0.25, -0.2) is 0 Å². The van der Waals surface area contributed by atoms with Crippen molar-refractivity contribution < 1.29 is 22.7 Å². The Morgan fingerprint density at radius 1 is 1.36 bits per heavy atom. The molecule has 2 aromatic rings. The second kappa shape index (κ2) is 8.47. The molecule has 0 saturated carbocycles. The predicted octanol–water partition coefficient (Wildman–Crippen LogP) is 2.71. The Kier molecular flexibility index (Phi) is 6.50. The summed E-state index contributed by atoms with van der Waals surface area (Å²) >= 11 is 1.03. The molecule has 0 spiro atoms. The Hall–Kier alpha value is -2.81. The van der Waals surface area contributed by atoms with Crippen molar-refractivity contribution in [2.45, 2.75) is 37.8 Å². The number of ether oxygens (including phenoxy) is 1. The first-order chi connectivity index (χ1) is 13.0. The van der Waals surface area contributed by atoms with Crippen LogP contribution in [-0.4, -0.2) is 43.8 Å². The summed E-state index contributed by atoms with van der Waals surface area (Å²) in [6.07, 6.45) is -4.78. The van der Waals surface area contributed by atoms with Gasteiger partial charge in [-0.05, 0) is 47.5 Å². The Balaban J connectivity index is 2.04. The van der Waals surface area contributed by atoms with Gasteiger partial charge in [0, 0.05) is 0 Å². The summed E-state index contributed by atoms with van der Waals surface area (Å²) < 4.78 is 41.8. The second-order valence-electron chi connectivity index (χ2n) is 6.22. The minimum Gasteiger partial charge on any atom is -0.406 e. The number of amides is 1. The van der Waals surface area contributed by atoms with Crippen LogP contribution in [0.3, 0.4) is 0 Å². The molecule has 28 heavy (non-hydrogen) atoms. The standard InChI is InChI=1S/C16H17F3N6O2S/c1-10(2)15(3,9-20)21-13(26)8-28-14-22-23-24-25(14)11-4-6-12(7-5-11)27-16(17,18)19/h4-7,10H,8H2,1-3H3,(H,21,26)/t15-/m1/s1. The number of carbonyl (C=O) groups excluding carboxylic acids is 1. The van der Waals surface area contributed by atoms with Gasteiger partial charge in [-0.1, -0.05) is 25.6 Å². The quantitative estimate of drug-likeness (QED) is 0.695. The van der Waals surface area contributed by atoms with E-state index in [2.05, 4.69) is 31.6 Å². The Morgan fingerprint density at radius 2 is 2.00 bits per heavy atom. The molecular weight excluding hydrogens is 397 g/mol. The molecule has 1 aromatic carbocycles. The van der Waals surface area contributed by atoms with E-state index in [1.165, 1.54) is 16.8 Å². The number of halogens is 3. The third kappa shape index (κ3) is 5.59.